The zero-order valence-corrected chi connectivity index (χ0v) is 12.0. The standard InChI is InChI=1S/C15H18N2O4/c1-3-8-20-15-10-12(6-7-13(15)17(18)19)16-11(2)14-5-4-9-21-14/h4-7,9-11,16H,3,8H2,1-2H3. The maximum Gasteiger partial charge on any atom is 0.311 e. The molecule has 0 radical (unpaired) electrons. The minimum Gasteiger partial charge on any atom is -0.487 e. The lowest BCUT2D eigenvalue weighted by molar-refractivity contribution is -0.385. The highest BCUT2D eigenvalue weighted by Crippen LogP contribution is 2.31. The number of nitrogens with one attached hydrogen (secondary N) is 1. The number of nitro benzene ring substituents is 1. The lowest BCUT2D eigenvalue weighted by Crippen LogP contribution is -2.06. The van der Waals surface area contributed by atoms with Crippen LogP contribution >= 0.6 is 0 Å². The highest BCUT2D eigenvalue weighted by atomic mass is 16.6. The van der Waals surface area contributed by atoms with Crippen LogP contribution in [-0.2, 0) is 0 Å². The molecule has 2 aromatic rings. The van der Waals surface area contributed by atoms with Crippen LogP contribution in [0.1, 0.15) is 32.1 Å². The van der Waals surface area contributed by atoms with Crippen LogP contribution in [0.2, 0.25) is 0 Å². The Hall–Kier alpha value is -2.50. The fourth-order valence-electron chi connectivity index (χ4n) is 1.94. The first-order chi connectivity index (χ1) is 10.1. The molecule has 1 heterocycles. The molecule has 0 aliphatic rings. The predicted molar refractivity (Wildman–Crippen MR) is 79.6 cm³/mol. The third-order valence-electron chi connectivity index (χ3n) is 2.97. The smallest absolute Gasteiger partial charge is 0.311 e. The van der Waals surface area contributed by atoms with E-state index < -0.39 is 4.92 Å². The van der Waals surface area contributed by atoms with E-state index in [1.165, 1.54) is 6.07 Å². The molecule has 1 unspecified atom stereocenters. The van der Waals surface area contributed by atoms with Crippen LogP contribution in [0.25, 0.3) is 0 Å². The first-order valence-electron chi connectivity index (χ1n) is 6.83. The van der Waals surface area contributed by atoms with Gasteiger partial charge in [-0.3, -0.25) is 10.1 Å². The topological polar surface area (TPSA) is 77.5 Å². The summed E-state index contributed by atoms with van der Waals surface area (Å²) in [6.07, 6.45) is 2.40. The molecule has 0 saturated carbocycles. The summed E-state index contributed by atoms with van der Waals surface area (Å²) in [6, 6.07) is 8.41. The molecule has 0 fully saturated rings. The Labute approximate surface area is 122 Å². The van der Waals surface area contributed by atoms with Crippen LogP contribution in [0, 0.1) is 10.1 Å². The van der Waals surface area contributed by atoms with Crippen molar-refractivity contribution in [2.24, 2.45) is 0 Å². The molecule has 21 heavy (non-hydrogen) atoms. The summed E-state index contributed by atoms with van der Waals surface area (Å²) in [5.74, 6) is 1.07. The molecule has 1 atom stereocenters. The second-order valence-corrected chi connectivity index (χ2v) is 4.67. The molecule has 6 heteroatoms. The molecule has 112 valence electrons. The molecule has 6 nitrogen and oxygen atoms in total. The van der Waals surface area contributed by atoms with Crippen molar-refractivity contribution in [3.05, 3.63) is 52.5 Å². The molecule has 1 aromatic heterocycles. The van der Waals surface area contributed by atoms with Crippen molar-refractivity contribution in [3.8, 4) is 5.75 Å². The van der Waals surface area contributed by atoms with E-state index in [2.05, 4.69) is 5.32 Å². The second-order valence-electron chi connectivity index (χ2n) is 4.67. The quantitative estimate of drug-likeness (QED) is 0.612. The van der Waals surface area contributed by atoms with E-state index in [1.807, 2.05) is 26.0 Å². The Bertz CT molecular complexity index is 596. The van der Waals surface area contributed by atoms with E-state index in [1.54, 1.807) is 18.4 Å². The Balaban J connectivity index is 2.18. The molecule has 1 aromatic carbocycles. The van der Waals surface area contributed by atoms with Crippen molar-refractivity contribution in [2.75, 3.05) is 11.9 Å². The Morgan fingerprint density at radius 3 is 2.86 bits per heavy atom. The van der Waals surface area contributed by atoms with Crippen LogP contribution in [0.5, 0.6) is 5.75 Å². The number of rotatable bonds is 7. The van der Waals surface area contributed by atoms with Gasteiger partial charge in [0.15, 0.2) is 5.75 Å². The number of furan rings is 1. The monoisotopic (exact) mass is 290 g/mol. The number of ether oxygens (including phenoxy) is 1. The van der Waals surface area contributed by atoms with Gasteiger partial charge >= 0.3 is 5.69 Å². The fourth-order valence-corrected chi connectivity index (χ4v) is 1.94. The molecule has 0 saturated heterocycles. The summed E-state index contributed by atoms with van der Waals surface area (Å²) in [5.41, 5.74) is 0.718. The minimum atomic E-state index is -0.440. The van der Waals surface area contributed by atoms with Crippen LogP contribution in [0.15, 0.2) is 41.0 Å². The van der Waals surface area contributed by atoms with Gasteiger partial charge < -0.3 is 14.5 Å². The van der Waals surface area contributed by atoms with E-state index >= 15 is 0 Å². The highest BCUT2D eigenvalue weighted by Gasteiger charge is 2.17. The summed E-state index contributed by atoms with van der Waals surface area (Å²) in [7, 11) is 0. The van der Waals surface area contributed by atoms with Gasteiger partial charge in [0.1, 0.15) is 5.76 Å². The van der Waals surface area contributed by atoms with Crippen molar-refractivity contribution in [2.45, 2.75) is 26.3 Å². The van der Waals surface area contributed by atoms with E-state index in [-0.39, 0.29) is 17.5 Å². The third-order valence-corrected chi connectivity index (χ3v) is 2.97. The average Bonchev–Trinajstić information content (AvgIpc) is 2.99. The molecular weight excluding hydrogens is 272 g/mol. The van der Waals surface area contributed by atoms with Gasteiger partial charge in [-0.15, -0.1) is 0 Å². The largest absolute Gasteiger partial charge is 0.487 e. The van der Waals surface area contributed by atoms with Gasteiger partial charge in [0.05, 0.1) is 23.8 Å². The number of hydrogen-bond donors (Lipinski definition) is 1. The maximum atomic E-state index is 11.0. The van der Waals surface area contributed by atoms with Gasteiger partial charge in [-0.05, 0) is 31.5 Å². The van der Waals surface area contributed by atoms with Gasteiger partial charge in [-0.25, -0.2) is 0 Å². The Morgan fingerprint density at radius 2 is 2.24 bits per heavy atom. The Kier molecular flexibility index (Phi) is 4.81. The van der Waals surface area contributed by atoms with Crippen molar-refractivity contribution in [1.29, 1.82) is 0 Å². The average molecular weight is 290 g/mol. The summed E-state index contributed by atoms with van der Waals surface area (Å²) in [5, 5.41) is 14.2. The van der Waals surface area contributed by atoms with Crippen LogP contribution in [-0.4, -0.2) is 11.5 Å². The summed E-state index contributed by atoms with van der Waals surface area (Å²) in [6.45, 7) is 4.35. The van der Waals surface area contributed by atoms with E-state index in [0.717, 1.165) is 17.9 Å². The molecule has 0 spiro atoms. The van der Waals surface area contributed by atoms with Crippen molar-refractivity contribution in [3.63, 3.8) is 0 Å². The molecule has 0 aliphatic heterocycles. The van der Waals surface area contributed by atoms with Crippen molar-refractivity contribution >= 4 is 11.4 Å². The predicted octanol–water partition coefficient (Wildman–Crippen LogP) is 4.15. The first-order valence-corrected chi connectivity index (χ1v) is 6.83. The summed E-state index contributed by atoms with van der Waals surface area (Å²) in [4.78, 5) is 10.6. The zero-order chi connectivity index (χ0) is 15.2. The Morgan fingerprint density at radius 1 is 1.43 bits per heavy atom. The van der Waals surface area contributed by atoms with Crippen LogP contribution < -0.4 is 10.1 Å². The van der Waals surface area contributed by atoms with Gasteiger partial charge in [-0.1, -0.05) is 6.92 Å². The lowest BCUT2D eigenvalue weighted by Gasteiger charge is -2.14. The lowest BCUT2D eigenvalue weighted by atomic mass is 10.2. The summed E-state index contributed by atoms with van der Waals surface area (Å²) >= 11 is 0. The van der Waals surface area contributed by atoms with Gasteiger partial charge in [0.2, 0.25) is 0 Å². The van der Waals surface area contributed by atoms with Crippen LogP contribution in [0.4, 0.5) is 11.4 Å². The van der Waals surface area contributed by atoms with Gasteiger partial charge in [0, 0.05) is 17.8 Å². The fraction of sp³-hybridized carbons (Fsp3) is 0.333. The molecule has 0 aliphatic carbocycles. The normalized spacial score (nSPS) is 11.9. The van der Waals surface area contributed by atoms with Crippen molar-refractivity contribution < 1.29 is 14.1 Å². The number of benzene rings is 1. The molecule has 1 N–H and O–H groups in total. The van der Waals surface area contributed by atoms with E-state index in [4.69, 9.17) is 9.15 Å². The SMILES string of the molecule is CCCOc1cc(NC(C)c2ccco2)ccc1[N+](=O)[O-]. The second kappa shape index (κ2) is 6.78. The van der Waals surface area contributed by atoms with Crippen LogP contribution in [0.3, 0.4) is 0 Å². The van der Waals surface area contributed by atoms with Gasteiger partial charge in [-0.2, -0.15) is 0 Å². The first kappa shape index (κ1) is 14.9. The number of anilines is 1. The third kappa shape index (κ3) is 3.75. The number of nitro groups is 1. The number of nitrogens with zero attached hydrogens (tertiary/aromatic N) is 1. The maximum absolute atomic E-state index is 11.0. The molecule has 2 rings (SSSR count). The van der Waals surface area contributed by atoms with Gasteiger partial charge in [0.25, 0.3) is 0 Å². The van der Waals surface area contributed by atoms with E-state index in [0.29, 0.717) is 6.61 Å². The minimum absolute atomic E-state index is 0.0281. The summed E-state index contributed by atoms with van der Waals surface area (Å²) < 4.78 is 10.8. The molecule has 0 amide bonds. The number of hydrogen-bond acceptors (Lipinski definition) is 5. The van der Waals surface area contributed by atoms with E-state index in [9.17, 15) is 10.1 Å². The van der Waals surface area contributed by atoms with Crippen molar-refractivity contribution in [1.82, 2.24) is 0 Å². The highest BCUT2D eigenvalue weighted by molar-refractivity contribution is 5.58. The zero-order valence-electron chi connectivity index (χ0n) is 12.0. The molecular formula is C15H18N2O4. The molecule has 0 bridgehead atoms.